The third-order valence-corrected chi connectivity index (χ3v) is 6.49. The van der Waals surface area contributed by atoms with Crippen molar-refractivity contribution < 1.29 is 20.1 Å². The van der Waals surface area contributed by atoms with Gasteiger partial charge in [0.05, 0.1) is 41.4 Å². The summed E-state index contributed by atoms with van der Waals surface area (Å²) in [6.07, 6.45) is 0.891. The highest BCUT2D eigenvalue weighted by Gasteiger charge is 2.34. The Labute approximate surface area is 195 Å². The lowest BCUT2D eigenvalue weighted by Crippen LogP contribution is -2.31. The zero-order chi connectivity index (χ0) is 23.5. The summed E-state index contributed by atoms with van der Waals surface area (Å²) in [5.41, 5.74) is 3.53. The van der Waals surface area contributed by atoms with Gasteiger partial charge in [0.1, 0.15) is 28.2 Å². The van der Waals surface area contributed by atoms with E-state index in [4.69, 9.17) is 9.72 Å². The Bertz CT molecular complexity index is 1180. The highest BCUT2D eigenvalue weighted by Crippen LogP contribution is 2.37. The van der Waals surface area contributed by atoms with Gasteiger partial charge in [0, 0.05) is 18.8 Å². The molecule has 0 spiro atoms. The second-order valence-electron chi connectivity index (χ2n) is 7.84. The Hall–Kier alpha value is -2.86. The molecule has 0 aromatic carbocycles. The number of aryl methyl sites for hydroxylation is 2. The molecule has 0 aliphatic heterocycles. The molecule has 0 amide bonds. The van der Waals surface area contributed by atoms with Crippen LogP contribution in [-0.4, -0.2) is 73.8 Å². The average molecular weight is 473 g/mol. The highest BCUT2D eigenvalue weighted by atomic mass is 32.1. The highest BCUT2D eigenvalue weighted by molar-refractivity contribution is 7.21. The summed E-state index contributed by atoms with van der Waals surface area (Å²) in [6, 6.07) is 1.44. The molecule has 0 fully saturated rings. The molecule has 0 saturated heterocycles. The van der Waals surface area contributed by atoms with Gasteiger partial charge in [-0.15, -0.1) is 11.3 Å². The van der Waals surface area contributed by atoms with E-state index in [-0.39, 0.29) is 12.4 Å². The molecule has 0 bridgehead atoms. The summed E-state index contributed by atoms with van der Waals surface area (Å²) in [7, 11) is 0. The molecule has 0 saturated carbocycles. The number of hydrogen-bond donors (Lipinski definition) is 5. The van der Waals surface area contributed by atoms with E-state index in [0.29, 0.717) is 54.8 Å². The van der Waals surface area contributed by atoms with Crippen LogP contribution in [0.3, 0.4) is 0 Å². The van der Waals surface area contributed by atoms with Crippen molar-refractivity contribution in [1.29, 1.82) is 0 Å². The fourth-order valence-corrected chi connectivity index (χ4v) is 4.89. The summed E-state index contributed by atoms with van der Waals surface area (Å²) in [6.45, 7) is 7.12. The van der Waals surface area contributed by atoms with Crippen LogP contribution in [0.1, 0.15) is 24.7 Å². The minimum atomic E-state index is -1.15. The average Bonchev–Trinajstić information content (AvgIpc) is 3.31. The van der Waals surface area contributed by atoms with Crippen molar-refractivity contribution >= 4 is 33.3 Å². The lowest BCUT2D eigenvalue weighted by molar-refractivity contribution is 0.148. The maximum absolute atomic E-state index is 10.5. The van der Waals surface area contributed by atoms with Gasteiger partial charge in [0.15, 0.2) is 0 Å². The zero-order valence-electron chi connectivity index (χ0n) is 18.8. The number of nitrogens with zero attached hydrogens (tertiary/aromatic N) is 4. The molecule has 10 nitrogen and oxygen atoms in total. The number of nitrogens with one attached hydrogen (secondary N) is 2. The SMILES string of the molecule is CCOCCNc1nc(C)c(-c2nc3cnc(C)cc3s2)c(N[C@@H]2CC(CO)=C(O)[C@H]2O)n1. The van der Waals surface area contributed by atoms with Gasteiger partial charge in [-0.25, -0.2) is 9.97 Å². The van der Waals surface area contributed by atoms with Gasteiger partial charge in [-0.3, -0.25) is 4.98 Å². The van der Waals surface area contributed by atoms with Gasteiger partial charge in [0.25, 0.3) is 0 Å². The van der Waals surface area contributed by atoms with Gasteiger partial charge in [-0.2, -0.15) is 4.98 Å². The first kappa shape index (κ1) is 23.3. The quantitative estimate of drug-likeness (QED) is 0.295. The molecule has 3 aromatic heterocycles. The van der Waals surface area contributed by atoms with E-state index in [1.807, 2.05) is 26.8 Å². The van der Waals surface area contributed by atoms with Crippen LogP contribution in [0.2, 0.25) is 0 Å². The fourth-order valence-electron chi connectivity index (χ4n) is 3.76. The van der Waals surface area contributed by atoms with Crippen molar-refractivity contribution in [3.05, 3.63) is 35.0 Å². The fraction of sp³-hybridized carbons (Fsp3) is 0.455. The minimum absolute atomic E-state index is 0.195. The van der Waals surface area contributed by atoms with Crippen molar-refractivity contribution in [2.45, 2.75) is 39.3 Å². The lowest BCUT2D eigenvalue weighted by Gasteiger charge is -2.21. The Morgan fingerprint density at radius 3 is 2.79 bits per heavy atom. The molecule has 0 radical (unpaired) electrons. The Kier molecular flexibility index (Phi) is 7.03. The first-order valence-corrected chi connectivity index (χ1v) is 11.6. The van der Waals surface area contributed by atoms with E-state index in [0.717, 1.165) is 20.9 Å². The first-order chi connectivity index (χ1) is 15.9. The smallest absolute Gasteiger partial charge is 0.224 e. The number of aliphatic hydroxyl groups is 3. The molecule has 3 aromatic rings. The number of fused-ring (bicyclic) bond motifs is 1. The largest absolute Gasteiger partial charge is 0.509 e. The van der Waals surface area contributed by atoms with Crippen LogP contribution >= 0.6 is 11.3 Å². The molecule has 1 aliphatic rings. The summed E-state index contributed by atoms with van der Waals surface area (Å²) in [5.74, 6) is 0.712. The van der Waals surface area contributed by atoms with Crippen molar-refractivity contribution in [3.63, 3.8) is 0 Å². The molecule has 176 valence electrons. The van der Waals surface area contributed by atoms with E-state index < -0.39 is 12.1 Å². The van der Waals surface area contributed by atoms with Crippen molar-refractivity contribution in [3.8, 4) is 10.6 Å². The number of aromatic nitrogens is 4. The van der Waals surface area contributed by atoms with E-state index >= 15 is 0 Å². The van der Waals surface area contributed by atoms with Crippen LogP contribution in [0.15, 0.2) is 23.6 Å². The molecule has 3 heterocycles. The number of anilines is 2. The number of pyridine rings is 1. The number of hydrogen-bond acceptors (Lipinski definition) is 11. The number of aliphatic hydroxyl groups excluding tert-OH is 3. The van der Waals surface area contributed by atoms with Crippen LogP contribution in [0.4, 0.5) is 11.8 Å². The topological polar surface area (TPSA) is 146 Å². The number of ether oxygens (including phenoxy) is 1. The maximum Gasteiger partial charge on any atom is 0.224 e. The monoisotopic (exact) mass is 472 g/mol. The molecule has 1 aliphatic carbocycles. The van der Waals surface area contributed by atoms with Crippen molar-refractivity contribution in [1.82, 2.24) is 19.9 Å². The second-order valence-corrected chi connectivity index (χ2v) is 8.87. The molecule has 2 atom stereocenters. The summed E-state index contributed by atoms with van der Waals surface area (Å²) in [4.78, 5) is 18.3. The molecule has 4 rings (SSSR count). The van der Waals surface area contributed by atoms with Gasteiger partial charge >= 0.3 is 0 Å². The Balaban J connectivity index is 1.71. The van der Waals surface area contributed by atoms with E-state index in [1.54, 1.807) is 6.20 Å². The molecular formula is C22H28N6O4S. The zero-order valence-corrected chi connectivity index (χ0v) is 19.6. The van der Waals surface area contributed by atoms with Crippen molar-refractivity contribution in [2.24, 2.45) is 0 Å². The van der Waals surface area contributed by atoms with Crippen LogP contribution in [0, 0.1) is 13.8 Å². The summed E-state index contributed by atoms with van der Waals surface area (Å²) in [5, 5.41) is 37.3. The third kappa shape index (κ3) is 4.91. The van der Waals surface area contributed by atoms with Crippen LogP contribution < -0.4 is 10.6 Å². The van der Waals surface area contributed by atoms with Crippen LogP contribution in [0.25, 0.3) is 20.8 Å². The Morgan fingerprint density at radius 1 is 1.24 bits per heavy atom. The normalized spacial score (nSPS) is 18.3. The van der Waals surface area contributed by atoms with Gasteiger partial charge in [-0.1, -0.05) is 0 Å². The van der Waals surface area contributed by atoms with E-state index in [2.05, 4.69) is 25.6 Å². The number of thiazole rings is 1. The minimum Gasteiger partial charge on any atom is -0.509 e. The molecule has 5 N–H and O–H groups in total. The van der Waals surface area contributed by atoms with E-state index in [1.165, 1.54) is 11.3 Å². The Morgan fingerprint density at radius 2 is 2.06 bits per heavy atom. The third-order valence-electron chi connectivity index (χ3n) is 5.45. The molecule has 11 heteroatoms. The summed E-state index contributed by atoms with van der Waals surface area (Å²) < 4.78 is 6.38. The summed E-state index contributed by atoms with van der Waals surface area (Å²) >= 11 is 1.51. The van der Waals surface area contributed by atoms with Gasteiger partial charge in [-0.05, 0) is 38.8 Å². The molecule has 0 unspecified atom stereocenters. The number of rotatable bonds is 9. The second kappa shape index (κ2) is 9.96. The van der Waals surface area contributed by atoms with Crippen LogP contribution in [0.5, 0.6) is 0 Å². The lowest BCUT2D eigenvalue weighted by atomic mass is 10.1. The van der Waals surface area contributed by atoms with Crippen LogP contribution in [-0.2, 0) is 4.74 Å². The van der Waals surface area contributed by atoms with Gasteiger partial charge < -0.3 is 30.7 Å². The molecule has 33 heavy (non-hydrogen) atoms. The first-order valence-electron chi connectivity index (χ1n) is 10.8. The molecular weight excluding hydrogens is 444 g/mol. The van der Waals surface area contributed by atoms with E-state index in [9.17, 15) is 15.3 Å². The maximum atomic E-state index is 10.5. The predicted molar refractivity (Wildman–Crippen MR) is 128 cm³/mol. The van der Waals surface area contributed by atoms with Crippen molar-refractivity contribution in [2.75, 3.05) is 37.0 Å². The standard InChI is InChI=1S/C22H28N6O4S/c1-4-32-6-5-23-22-25-12(3)17(21-27-15-9-24-11(2)7-16(15)33-21)20(28-22)26-14-8-13(10-29)18(30)19(14)31/h7,9,14,19,29-31H,4-6,8,10H2,1-3H3,(H2,23,25,26,28)/t14-,19+/m1/s1. The predicted octanol–water partition coefficient (Wildman–Crippen LogP) is 2.56. The van der Waals surface area contributed by atoms with Gasteiger partial charge in [0.2, 0.25) is 5.95 Å².